The SMILES string of the molecule is CCCOC(=O)C(=O)COC(=O)CC(C)Oc1ccc(Oc2ccc(C(F)(F)F)cc2)cc1. The van der Waals surface area contributed by atoms with Crippen molar-refractivity contribution in [1.29, 1.82) is 0 Å². The Morgan fingerprint density at radius 3 is 1.97 bits per heavy atom. The van der Waals surface area contributed by atoms with Crippen LogP contribution >= 0.6 is 0 Å². The molecule has 0 aromatic heterocycles. The monoisotopic (exact) mass is 468 g/mol. The highest BCUT2D eigenvalue weighted by Crippen LogP contribution is 2.31. The average molecular weight is 468 g/mol. The molecule has 10 heteroatoms. The number of alkyl halides is 3. The van der Waals surface area contributed by atoms with Gasteiger partial charge in [0, 0.05) is 0 Å². The maximum Gasteiger partial charge on any atom is 0.416 e. The zero-order valence-electron chi connectivity index (χ0n) is 18.0. The maximum atomic E-state index is 12.6. The molecule has 0 aliphatic heterocycles. The normalized spacial score (nSPS) is 11.9. The van der Waals surface area contributed by atoms with Gasteiger partial charge in [0.05, 0.1) is 18.6 Å². The molecule has 0 spiro atoms. The van der Waals surface area contributed by atoms with Gasteiger partial charge in [-0.05, 0) is 61.9 Å². The summed E-state index contributed by atoms with van der Waals surface area (Å²) < 4.78 is 58.3. The molecule has 0 aliphatic rings. The van der Waals surface area contributed by atoms with E-state index in [1.54, 1.807) is 38.1 Å². The lowest BCUT2D eigenvalue weighted by molar-refractivity contribution is -0.159. The van der Waals surface area contributed by atoms with Crippen LogP contribution in [0.1, 0.15) is 32.3 Å². The molecule has 1 unspecified atom stereocenters. The number of halogens is 3. The van der Waals surface area contributed by atoms with E-state index in [9.17, 15) is 27.6 Å². The number of hydrogen-bond donors (Lipinski definition) is 0. The van der Waals surface area contributed by atoms with Gasteiger partial charge in [0.25, 0.3) is 5.78 Å². The van der Waals surface area contributed by atoms with Crippen molar-refractivity contribution >= 4 is 17.7 Å². The van der Waals surface area contributed by atoms with E-state index in [1.807, 2.05) is 0 Å². The van der Waals surface area contributed by atoms with Crippen molar-refractivity contribution in [3.63, 3.8) is 0 Å². The Morgan fingerprint density at radius 2 is 1.42 bits per heavy atom. The second kappa shape index (κ2) is 11.9. The van der Waals surface area contributed by atoms with Crippen molar-refractivity contribution in [1.82, 2.24) is 0 Å². The molecule has 0 heterocycles. The molecule has 1 atom stereocenters. The van der Waals surface area contributed by atoms with E-state index in [0.29, 0.717) is 17.9 Å². The number of benzene rings is 2. The Morgan fingerprint density at radius 1 is 0.879 bits per heavy atom. The van der Waals surface area contributed by atoms with Gasteiger partial charge in [-0.3, -0.25) is 9.59 Å². The van der Waals surface area contributed by atoms with Gasteiger partial charge in [0.2, 0.25) is 0 Å². The van der Waals surface area contributed by atoms with Crippen LogP contribution in [-0.4, -0.2) is 37.0 Å². The highest BCUT2D eigenvalue weighted by molar-refractivity contribution is 6.34. The smallest absolute Gasteiger partial charge is 0.416 e. The maximum absolute atomic E-state index is 12.6. The Hall–Kier alpha value is -3.56. The number of ketones is 1. The summed E-state index contributed by atoms with van der Waals surface area (Å²) in [5.74, 6) is -1.69. The average Bonchev–Trinajstić information content (AvgIpc) is 2.76. The summed E-state index contributed by atoms with van der Waals surface area (Å²) in [6.45, 7) is 2.80. The highest BCUT2D eigenvalue weighted by Gasteiger charge is 2.30. The highest BCUT2D eigenvalue weighted by atomic mass is 19.4. The molecule has 0 N–H and O–H groups in total. The number of carbonyl (C=O) groups excluding carboxylic acids is 3. The first-order valence-electron chi connectivity index (χ1n) is 10.1. The number of hydrogen-bond acceptors (Lipinski definition) is 7. The quantitative estimate of drug-likeness (QED) is 0.348. The molecule has 0 fully saturated rings. The zero-order chi connectivity index (χ0) is 24.4. The first-order valence-corrected chi connectivity index (χ1v) is 10.1. The summed E-state index contributed by atoms with van der Waals surface area (Å²) >= 11 is 0. The van der Waals surface area contributed by atoms with E-state index in [4.69, 9.17) is 14.2 Å². The van der Waals surface area contributed by atoms with Crippen molar-refractivity contribution in [3.8, 4) is 17.2 Å². The van der Waals surface area contributed by atoms with Crippen LogP contribution < -0.4 is 9.47 Å². The van der Waals surface area contributed by atoms with Crippen LogP contribution in [0.25, 0.3) is 0 Å². The Kier molecular flexibility index (Phi) is 9.26. The third-order valence-corrected chi connectivity index (χ3v) is 4.06. The molecule has 0 bridgehead atoms. The van der Waals surface area contributed by atoms with Crippen LogP contribution in [0, 0.1) is 0 Å². The van der Waals surface area contributed by atoms with E-state index in [2.05, 4.69) is 4.74 Å². The number of carbonyl (C=O) groups is 3. The lowest BCUT2D eigenvalue weighted by Crippen LogP contribution is -2.26. The Bertz CT molecular complexity index is 938. The lowest BCUT2D eigenvalue weighted by atomic mass is 10.2. The van der Waals surface area contributed by atoms with Crippen molar-refractivity contribution in [3.05, 3.63) is 54.1 Å². The van der Waals surface area contributed by atoms with Crippen LogP contribution in [0.4, 0.5) is 13.2 Å². The predicted molar refractivity (Wildman–Crippen MR) is 110 cm³/mol. The summed E-state index contributed by atoms with van der Waals surface area (Å²) in [6.07, 6.45) is -4.62. The van der Waals surface area contributed by atoms with Gasteiger partial charge < -0.3 is 18.9 Å². The fourth-order valence-corrected chi connectivity index (χ4v) is 2.48. The third-order valence-electron chi connectivity index (χ3n) is 4.06. The summed E-state index contributed by atoms with van der Waals surface area (Å²) in [4.78, 5) is 34.7. The molecule has 2 aromatic carbocycles. The van der Waals surface area contributed by atoms with Crippen LogP contribution in [0.2, 0.25) is 0 Å². The topological polar surface area (TPSA) is 88.1 Å². The van der Waals surface area contributed by atoms with Gasteiger partial charge in [0.15, 0.2) is 6.61 Å². The number of rotatable bonds is 11. The largest absolute Gasteiger partial charge is 0.490 e. The van der Waals surface area contributed by atoms with Gasteiger partial charge in [-0.25, -0.2) is 4.79 Å². The molecule has 7 nitrogen and oxygen atoms in total. The van der Waals surface area contributed by atoms with E-state index in [0.717, 1.165) is 12.1 Å². The molecule has 0 aliphatic carbocycles. The lowest BCUT2D eigenvalue weighted by Gasteiger charge is -2.14. The molecular weight excluding hydrogens is 445 g/mol. The van der Waals surface area contributed by atoms with Gasteiger partial charge in [0.1, 0.15) is 23.4 Å². The van der Waals surface area contributed by atoms with E-state index in [-0.39, 0.29) is 18.8 Å². The summed E-state index contributed by atoms with van der Waals surface area (Å²) in [5.41, 5.74) is -0.771. The van der Waals surface area contributed by atoms with E-state index >= 15 is 0 Å². The molecule has 0 saturated heterocycles. The van der Waals surface area contributed by atoms with Crippen molar-refractivity contribution in [2.45, 2.75) is 39.0 Å². The first-order chi connectivity index (χ1) is 15.6. The van der Waals surface area contributed by atoms with Crippen LogP contribution in [-0.2, 0) is 30.0 Å². The van der Waals surface area contributed by atoms with Crippen molar-refractivity contribution < 1.29 is 46.5 Å². The van der Waals surface area contributed by atoms with Gasteiger partial charge >= 0.3 is 18.1 Å². The van der Waals surface area contributed by atoms with Crippen LogP contribution in [0.3, 0.4) is 0 Å². The molecule has 0 amide bonds. The minimum atomic E-state index is -4.42. The summed E-state index contributed by atoms with van der Waals surface area (Å²) in [5, 5.41) is 0. The molecule has 2 rings (SSSR count). The second-order valence-corrected chi connectivity index (χ2v) is 6.95. The van der Waals surface area contributed by atoms with Gasteiger partial charge in [-0.1, -0.05) is 6.92 Å². The molecule has 0 saturated carbocycles. The standard InChI is InChI=1S/C23H23F3O7/c1-3-12-30-22(29)20(27)14-31-21(28)13-15(2)32-17-8-10-19(11-9-17)33-18-6-4-16(5-7-18)23(24,25)26/h4-11,15H,3,12-14H2,1-2H3. The number of esters is 2. The number of ether oxygens (including phenoxy) is 4. The number of Topliss-reactive ketones (excluding diaryl/α,β-unsaturated/α-hetero) is 1. The molecule has 0 radical (unpaired) electrons. The van der Waals surface area contributed by atoms with Crippen molar-refractivity contribution in [2.75, 3.05) is 13.2 Å². The third kappa shape index (κ3) is 8.83. The summed E-state index contributed by atoms with van der Waals surface area (Å²) in [7, 11) is 0. The Labute approximate surface area is 188 Å². The fourth-order valence-electron chi connectivity index (χ4n) is 2.48. The van der Waals surface area contributed by atoms with Gasteiger partial charge in [-0.2, -0.15) is 13.2 Å². The summed E-state index contributed by atoms with van der Waals surface area (Å²) in [6, 6.07) is 10.5. The first kappa shape index (κ1) is 25.7. The molecule has 2 aromatic rings. The fraction of sp³-hybridized carbons (Fsp3) is 0.348. The van der Waals surface area contributed by atoms with E-state index in [1.165, 1.54) is 12.1 Å². The van der Waals surface area contributed by atoms with Crippen LogP contribution in [0.15, 0.2) is 48.5 Å². The Balaban J connectivity index is 1.79. The van der Waals surface area contributed by atoms with E-state index < -0.39 is 42.2 Å². The van der Waals surface area contributed by atoms with Gasteiger partial charge in [-0.15, -0.1) is 0 Å². The molecule has 33 heavy (non-hydrogen) atoms. The van der Waals surface area contributed by atoms with Crippen LogP contribution in [0.5, 0.6) is 17.2 Å². The minimum absolute atomic E-state index is 0.109. The van der Waals surface area contributed by atoms with Crippen molar-refractivity contribution in [2.24, 2.45) is 0 Å². The minimum Gasteiger partial charge on any atom is -0.490 e. The second-order valence-electron chi connectivity index (χ2n) is 6.95. The predicted octanol–water partition coefficient (Wildman–Crippen LogP) is 4.72. The molecular formula is C23H23F3O7. The zero-order valence-corrected chi connectivity index (χ0v) is 18.0. The molecule has 178 valence electrons.